The topological polar surface area (TPSA) is 78.4 Å². The fourth-order valence-corrected chi connectivity index (χ4v) is 3.91. The number of carbonyl (C=O) groups is 2. The molecule has 0 saturated carbocycles. The number of carbonyl (C=O) groups excluding carboxylic acids is 2. The standard InChI is InChI=1S/C18H12F4N2O4/c1-27-15(25)9-10(16(26)28-2)18(22)12(20)11(19)17(9,21)13-14(18)24-8-6-4-3-5-7(8)23-13/h3-6,9-10H,1-2H3/t9-,10+,17+,18-. The van der Waals surface area contributed by atoms with Crippen molar-refractivity contribution >= 4 is 23.0 Å². The summed E-state index contributed by atoms with van der Waals surface area (Å²) in [6.07, 6.45) is 0. The van der Waals surface area contributed by atoms with Crippen LogP contribution in [-0.2, 0) is 30.4 Å². The van der Waals surface area contributed by atoms with Gasteiger partial charge in [-0.25, -0.2) is 27.5 Å². The van der Waals surface area contributed by atoms with Crippen LogP contribution < -0.4 is 0 Å². The van der Waals surface area contributed by atoms with Crippen molar-refractivity contribution in [1.82, 2.24) is 9.97 Å². The first kappa shape index (κ1) is 18.3. The summed E-state index contributed by atoms with van der Waals surface area (Å²) < 4.78 is 70.5. The quantitative estimate of drug-likeness (QED) is 0.574. The van der Waals surface area contributed by atoms with E-state index in [1.54, 1.807) is 0 Å². The number of ether oxygens (including phenoxy) is 2. The monoisotopic (exact) mass is 396 g/mol. The summed E-state index contributed by atoms with van der Waals surface area (Å²) in [5.41, 5.74) is -8.86. The third-order valence-corrected chi connectivity index (χ3v) is 5.19. The first-order chi connectivity index (χ1) is 13.2. The van der Waals surface area contributed by atoms with Crippen LogP contribution in [0.25, 0.3) is 11.0 Å². The Hall–Kier alpha value is -3.04. The van der Waals surface area contributed by atoms with Gasteiger partial charge < -0.3 is 9.47 Å². The number of para-hydroxylation sites is 2. The number of hydrogen-bond donors (Lipinski definition) is 0. The Morgan fingerprint density at radius 1 is 0.857 bits per heavy atom. The zero-order valence-electron chi connectivity index (χ0n) is 14.5. The minimum atomic E-state index is -3.59. The van der Waals surface area contributed by atoms with Gasteiger partial charge in [0.25, 0.3) is 0 Å². The van der Waals surface area contributed by atoms with Crippen molar-refractivity contribution in [3.05, 3.63) is 47.3 Å². The van der Waals surface area contributed by atoms with E-state index in [9.17, 15) is 18.4 Å². The maximum absolute atomic E-state index is 16.1. The molecule has 10 heteroatoms. The van der Waals surface area contributed by atoms with Gasteiger partial charge in [0.1, 0.15) is 23.2 Å². The summed E-state index contributed by atoms with van der Waals surface area (Å²) in [6.45, 7) is 0. The fourth-order valence-electron chi connectivity index (χ4n) is 3.91. The smallest absolute Gasteiger partial charge is 0.313 e. The van der Waals surface area contributed by atoms with Crippen molar-refractivity contribution in [2.45, 2.75) is 11.3 Å². The van der Waals surface area contributed by atoms with Gasteiger partial charge in [-0.15, -0.1) is 0 Å². The Morgan fingerprint density at radius 3 is 1.54 bits per heavy atom. The Morgan fingerprint density at radius 2 is 1.21 bits per heavy atom. The largest absolute Gasteiger partial charge is 0.469 e. The van der Waals surface area contributed by atoms with Gasteiger partial charge in [-0.1, -0.05) is 12.1 Å². The molecule has 3 aliphatic rings. The van der Waals surface area contributed by atoms with Crippen LogP contribution in [0, 0.1) is 11.8 Å². The lowest BCUT2D eigenvalue weighted by atomic mass is 9.58. The molecule has 5 rings (SSSR count). The molecule has 28 heavy (non-hydrogen) atoms. The molecule has 1 aromatic heterocycles. The van der Waals surface area contributed by atoms with Gasteiger partial charge in [0.15, 0.2) is 11.7 Å². The van der Waals surface area contributed by atoms with Crippen molar-refractivity contribution in [3.8, 4) is 0 Å². The van der Waals surface area contributed by atoms with Crippen molar-refractivity contribution in [2.24, 2.45) is 11.8 Å². The van der Waals surface area contributed by atoms with E-state index in [0.717, 1.165) is 14.2 Å². The van der Waals surface area contributed by atoms with Gasteiger partial charge in [0.2, 0.25) is 11.3 Å². The fraction of sp³-hybridized carbons (Fsp3) is 0.333. The third kappa shape index (κ3) is 1.92. The zero-order valence-corrected chi connectivity index (χ0v) is 14.5. The van der Waals surface area contributed by atoms with Crippen molar-refractivity contribution in [2.75, 3.05) is 14.2 Å². The van der Waals surface area contributed by atoms with Crippen LogP contribution in [-0.4, -0.2) is 36.1 Å². The average molecular weight is 396 g/mol. The normalized spacial score (nSPS) is 30.9. The Labute approximate surface area is 155 Å². The maximum atomic E-state index is 16.1. The van der Waals surface area contributed by atoms with E-state index in [2.05, 4.69) is 19.4 Å². The Kier molecular flexibility index (Phi) is 3.75. The van der Waals surface area contributed by atoms with Gasteiger partial charge in [-0.2, -0.15) is 0 Å². The second kappa shape index (κ2) is 5.73. The lowest BCUT2D eigenvalue weighted by molar-refractivity contribution is -0.181. The van der Waals surface area contributed by atoms with Gasteiger partial charge in [0, 0.05) is 0 Å². The SMILES string of the molecule is COC(=O)[C@@H]1[C@H](C(=O)OC)[C@]2(F)C(F)=C(F)[C@@]1(F)c1nc3ccccc3nc12. The van der Waals surface area contributed by atoms with E-state index in [0.29, 0.717) is 0 Å². The highest BCUT2D eigenvalue weighted by Gasteiger charge is 2.76. The minimum Gasteiger partial charge on any atom is -0.469 e. The van der Waals surface area contributed by atoms with Crippen LogP contribution in [0.15, 0.2) is 35.9 Å². The average Bonchev–Trinajstić information content (AvgIpc) is 2.71. The van der Waals surface area contributed by atoms with Crippen molar-refractivity contribution in [3.63, 3.8) is 0 Å². The molecule has 0 spiro atoms. The molecular weight excluding hydrogens is 384 g/mol. The summed E-state index contributed by atoms with van der Waals surface area (Å²) in [6, 6.07) is 5.87. The number of rotatable bonds is 2. The van der Waals surface area contributed by atoms with Gasteiger partial charge in [0.05, 0.1) is 25.3 Å². The van der Waals surface area contributed by atoms with Crippen LogP contribution in [0.1, 0.15) is 11.4 Å². The Bertz CT molecular complexity index is 992. The summed E-state index contributed by atoms with van der Waals surface area (Å²) in [7, 11) is 1.69. The first-order valence-corrected chi connectivity index (χ1v) is 8.10. The predicted molar refractivity (Wildman–Crippen MR) is 85.4 cm³/mol. The number of benzene rings is 1. The molecule has 2 bridgehead atoms. The first-order valence-electron chi connectivity index (χ1n) is 8.10. The van der Waals surface area contributed by atoms with Gasteiger partial charge >= 0.3 is 11.9 Å². The predicted octanol–water partition coefficient (Wildman–Crippen LogP) is 2.72. The zero-order chi connectivity index (χ0) is 20.4. The van der Waals surface area contributed by atoms with Crippen LogP contribution in [0.3, 0.4) is 0 Å². The number of alkyl halides is 2. The lowest BCUT2D eigenvalue weighted by Gasteiger charge is -2.49. The number of allylic oxidation sites excluding steroid dienone is 2. The molecule has 0 aliphatic heterocycles. The number of aromatic nitrogens is 2. The number of methoxy groups -OCH3 is 2. The van der Waals surface area contributed by atoms with E-state index in [1.165, 1.54) is 24.3 Å². The number of halogens is 4. The molecule has 0 radical (unpaired) electrons. The molecule has 1 aromatic carbocycles. The maximum Gasteiger partial charge on any atom is 0.313 e. The van der Waals surface area contributed by atoms with Gasteiger partial charge in [-0.05, 0) is 12.1 Å². The number of hydrogen-bond acceptors (Lipinski definition) is 6. The van der Waals surface area contributed by atoms with E-state index in [4.69, 9.17) is 0 Å². The summed E-state index contributed by atoms with van der Waals surface area (Å²) in [5.74, 6) is -12.0. The number of fused-ring (bicyclic) bond motifs is 2. The van der Waals surface area contributed by atoms with Crippen molar-refractivity contribution in [1.29, 1.82) is 0 Å². The van der Waals surface area contributed by atoms with E-state index < -0.39 is 58.2 Å². The van der Waals surface area contributed by atoms with Crippen LogP contribution in [0.5, 0.6) is 0 Å². The van der Waals surface area contributed by atoms with Crippen LogP contribution in [0.2, 0.25) is 0 Å². The highest BCUT2D eigenvalue weighted by atomic mass is 19.2. The van der Waals surface area contributed by atoms with Crippen LogP contribution >= 0.6 is 0 Å². The highest BCUT2D eigenvalue weighted by molar-refractivity contribution is 5.88. The van der Waals surface area contributed by atoms with E-state index in [1.807, 2.05) is 0 Å². The molecule has 0 N–H and O–H groups in total. The number of esters is 2. The van der Waals surface area contributed by atoms with E-state index >= 15 is 8.78 Å². The second-order valence-electron chi connectivity index (χ2n) is 6.46. The second-order valence-corrected chi connectivity index (χ2v) is 6.46. The molecule has 4 atom stereocenters. The molecule has 3 aliphatic carbocycles. The molecule has 0 amide bonds. The van der Waals surface area contributed by atoms with Crippen molar-refractivity contribution < 1.29 is 36.6 Å². The Balaban J connectivity index is 2.16. The molecule has 0 fully saturated rings. The summed E-state index contributed by atoms with van der Waals surface area (Å²) in [5, 5.41) is 0. The minimum absolute atomic E-state index is 0.0702. The van der Waals surface area contributed by atoms with Gasteiger partial charge in [-0.3, -0.25) is 9.59 Å². The molecule has 146 valence electrons. The molecule has 0 saturated heterocycles. The summed E-state index contributed by atoms with van der Waals surface area (Å²) >= 11 is 0. The number of nitrogens with zero attached hydrogens (tertiary/aromatic N) is 2. The molecule has 0 unspecified atom stereocenters. The summed E-state index contributed by atoms with van der Waals surface area (Å²) in [4.78, 5) is 32.3. The molecule has 6 nitrogen and oxygen atoms in total. The molecule has 2 aromatic rings. The van der Waals surface area contributed by atoms with E-state index in [-0.39, 0.29) is 11.0 Å². The van der Waals surface area contributed by atoms with Crippen LogP contribution in [0.4, 0.5) is 17.6 Å². The highest BCUT2D eigenvalue weighted by Crippen LogP contribution is 2.65. The lowest BCUT2D eigenvalue weighted by Crippen LogP contribution is -2.61. The third-order valence-electron chi connectivity index (χ3n) is 5.19. The molecular formula is C18H12F4N2O4. The molecule has 1 heterocycles.